The van der Waals surface area contributed by atoms with Crippen molar-refractivity contribution in [3.05, 3.63) is 66.0 Å². The molecule has 0 saturated carbocycles. The highest BCUT2D eigenvalue weighted by molar-refractivity contribution is 5.17. The highest BCUT2D eigenvalue weighted by Gasteiger charge is 2.30. The number of pyridine rings is 1. The smallest absolute Gasteiger partial charge is 0.0615 e. The van der Waals surface area contributed by atoms with Crippen molar-refractivity contribution < 1.29 is 4.74 Å². The maximum atomic E-state index is 5.36. The molecule has 0 amide bonds. The van der Waals surface area contributed by atoms with Gasteiger partial charge in [-0.3, -0.25) is 14.8 Å². The first-order chi connectivity index (χ1) is 13.7. The standard InChI is InChI=1S/C24H35N3O/c1-20(19-28-3)27-15-11-23(12-16-27)24(17-21-7-5-4-6-8-21)26(2)18-22-9-13-25-14-10-22/h4-10,13-14,20,23-24H,11-12,15-19H2,1-3H3/t20-,24-/m0/s1. The van der Waals surface area contributed by atoms with Gasteiger partial charge in [0.2, 0.25) is 0 Å². The molecule has 0 bridgehead atoms. The largest absolute Gasteiger partial charge is 0.383 e. The van der Waals surface area contributed by atoms with E-state index < -0.39 is 0 Å². The van der Waals surface area contributed by atoms with E-state index in [1.165, 1.54) is 37.1 Å². The van der Waals surface area contributed by atoms with Crippen LogP contribution in [0.15, 0.2) is 54.9 Å². The number of piperidine rings is 1. The lowest BCUT2D eigenvalue weighted by Crippen LogP contribution is -2.47. The minimum Gasteiger partial charge on any atom is -0.383 e. The summed E-state index contributed by atoms with van der Waals surface area (Å²) in [6.45, 7) is 6.41. The summed E-state index contributed by atoms with van der Waals surface area (Å²) in [6.07, 6.45) is 7.41. The molecule has 2 atom stereocenters. The maximum absolute atomic E-state index is 5.36. The van der Waals surface area contributed by atoms with Gasteiger partial charge in [-0.05, 0) is 75.5 Å². The summed E-state index contributed by atoms with van der Waals surface area (Å²) in [4.78, 5) is 9.30. The molecular formula is C24H35N3O. The first kappa shape index (κ1) is 21.0. The molecular weight excluding hydrogens is 346 g/mol. The van der Waals surface area contributed by atoms with E-state index in [1.807, 2.05) is 12.4 Å². The van der Waals surface area contributed by atoms with Gasteiger partial charge in [0.25, 0.3) is 0 Å². The van der Waals surface area contributed by atoms with Crippen molar-refractivity contribution in [2.45, 2.75) is 44.8 Å². The summed E-state index contributed by atoms with van der Waals surface area (Å²) in [5.41, 5.74) is 2.77. The Morgan fingerprint density at radius 3 is 2.39 bits per heavy atom. The van der Waals surface area contributed by atoms with Crippen LogP contribution in [0.3, 0.4) is 0 Å². The lowest BCUT2D eigenvalue weighted by Gasteiger charge is -2.42. The summed E-state index contributed by atoms with van der Waals surface area (Å²) in [7, 11) is 4.08. The second-order valence-electron chi connectivity index (χ2n) is 8.21. The first-order valence-electron chi connectivity index (χ1n) is 10.5. The summed E-state index contributed by atoms with van der Waals surface area (Å²) >= 11 is 0. The topological polar surface area (TPSA) is 28.6 Å². The number of ether oxygens (including phenoxy) is 1. The van der Waals surface area contributed by atoms with E-state index in [9.17, 15) is 0 Å². The fourth-order valence-corrected chi connectivity index (χ4v) is 4.52. The van der Waals surface area contributed by atoms with E-state index in [4.69, 9.17) is 4.74 Å². The zero-order chi connectivity index (χ0) is 19.8. The molecule has 0 unspecified atom stereocenters. The predicted octanol–water partition coefficient (Wildman–Crippen LogP) is 3.87. The first-order valence-corrected chi connectivity index (χ1v) is 10.5. The quantitative estimate of drug-likeness (QED) is 0.659. The van der Waals surface area contributed by atoms with Gasteiger partial charge < -0.3 is 4.74 Å². The van der Waals surface area contributed by atoms with Crippen LogP contribution in [-0.4, -0.2) is 60.7 Å². The normalized spacial score (nSPS) is 18.3. The van der Waals surface area contributed by atoms with Crippen LogP contribution in [0, 0.1) is 5.92 Å². The molecule has 1 aliphatic heterocycles. The van der Waals surface area contributed by atoms with Gasteiger partial charge in [0.1, 0.15) is 0 Å². The fraction of sp³-hybridized carbons (Fsp3) is 0.542. The Bertz CT molecular complexity index is 671. The Kier molecular flexibility index (Phi) is 8.01. The Hall–Kier alpha value is -1.75. The number of methoxy groups -OCH3 is 1. The monoisotopic (exact) mass is 381 g/mol. The van der Waals surface area contributed by atoms with Gasteiger partial charge in [-0.2, -0.15) is 0 Å². The molecule has 0 aliphatic carbocycles. The number of aromatic nitrogens is 1. The van der Waals surface area contributed by atoms with Gasteiger partial charge >= 0.3 is 0 Å². The van der Waals surface area contributed by atoms with Crippen LogP contribution in [0.4, 0.5) is 0 Å². The number of rotatable bonds is 9. The van der Waals surface area contributed by atoms with Gasteiger partial charge in [-0.1, -0.05) is 30.3 Å². The van der Waals surface area contributed by atoms with E-state index in [0.29, 0.717) is 12.1 Å². The number of hydrogen-bond donors (Lipinski definition) is 0. The van der Waals surface area contributed by atoms with Crippen molar-refractivity contribution in [3.63, 3.8) is 0 Å². The molecule has 4 heteroatoms. The van der Waals surface area contributed by atoms with Crippen molar-refractivity contribution in [3.8, 4) is 0 Å². The van der Waals surface area contributed by atoms with E-state index in [1.54, 1.807) is 7.11 Å². The molecule has 1 aliphatic rings. The third-order valence-corrected chi connectivity index (χ3v) is 6.18. The van der Waals surface area contributed by atoms with Gasteiger partial charge in [-0.25, -0.2) is 0 Å². The third-order valence-electron chi connectivity index (χ3n) is 6.18. The number of benzene rings is 1. The summed E-state index contributed by atoms with van der Waals surface area (Å²) in [5.74, 6) is 0.720. The average Bonchev–Trinajstić information content (AvgIpc) is 2.74. The van der Waals surface area contributed by atoms with Crippen LogP contribution >= 0.6 is 0 Å². The number of likely N-dealkylation sites (tertiary alicyclic amines) is 1. The minimum atomic E-state index is 0.507. The SMILES string of the molecule is COC[C@H](C)N1CCC([C@H](Cc2ccccc2)N(C)Cc2ccncc2)CC1. The summed E-state index contributed by atoms with van der Waals surface area (Å²) in [6, 6.07) is 16.3. The van der Waals surface area contributed by atoms with Crippen LogP contribution in [0.5, 0.6) is 0 Å². The van der Waals surface area contributed by atoms with Crippen molar-refractivity contribution >= 4 is 0 Å². The molecule has 0 radical (unpaired) electrons. The molecule has 1 aromatic carbocycles. The molecule has 1 saturated heterocycles. The van der Waals surface area contributed by atoms with Gasteiger partial charge in [0, 0.05) is 38.1 Å². The fourth-order valence-electron chi connectivity index (χ4n) is 4.52. The van der Waals surface area contributed by atoms with E-state index in [0.717, 1.165) is 25.5 Å². The zero-order valence-corrected chi connectivity index (χ0v) is 17.6. The van der Waals surface area contributed by atoms with Crippen LogP contribution in [-0.2, 0) is 17.7 Å². The number of hydrogen-bond acceptors (Lipinski definition) is 4. The minimum absolute atomic E-state index is 0.507. The van der Waals surface area contributed by atoms with Crippen LogP contribution in [0.1, 0.15) is 30.9 Å². The molecule has 1 fully saturated rings. The van der Waals surface area contributed by atoms with Crippen molar-refractivity contribution in [1.82, 2.24) is 14.8 Å². The number of likely N-dealkylation sites (N-methyl/N-ethyl adjacent to an activating group) is 1. The molecule has 1 aromatic heterocycles. The average molecular weight is 382 g/mol. The molecule has 152 valence electrons. The Balaban J connectivity index is 1.67. The van der Waals surface area contributed by atoms with Crippen LogP contribution in [0.25, 0.3) is 0 Å². The van der Waals surface area contributed by atoms with Crippen molar-refractivity contribution in [1.29, 1.82) is 0 Å². The van der Waals surface area contributed by atoms with Crippen molar-refractivity contribution in [2.24, 2.45) is 5.92 Å². The lowest BCUT2D eigenvalue weighted by atomic mass is 9.84. The molecule has 4 nitrogen and oxygen atoms in total. The zero-order valence-electron chi connectivity index (χ0n) is 17.6. The molecule has 0 N–H and O–H groups in total. The molecule has 28 heavy (non-hydrogen) atoms. The molecule has 2 aromatic rings. The Labute approximate surface area is 170 Å². The predicted molar refractivity (Wildman–Crippen MR) is 115 cm³/mol. The van der Waals surface area contributed by atoms with Gasteiger partial charge in [-0.15, -0.1) is 0 Å². The van der Waals surface area contributed by atoms with E-state index >= 15 is 0 Å². The Morgan fingerprint density at radius 1 is 1.07 bits per heavy atom. The third kappa shape index (κ3) is 5.87. The second kappa shape index (κ2) is 10.7. The lowest BCUT2D eigenvalue weighted by molar-refractivity contribution is 0.0500. The van der Waals surface area contributed by atoms with Crippen molar-refractivity contribution in [2.75, 3.05) is 33.9 Å². The number of nitrogens with zero attached hydrogens (tertiary/aromatic N) is 3. The second-order valence-corrected chi connectivity index (χ2v) is 8.21. The van der Waals surface area contributed by atoms with Gasteiger partial charge in [0.15, 0.2) is 0 Å². The molecule has 2 heterocycles. The van der Waals surface area contributed by atoms with E-state index in [-0.39, 0.29) is 0 Å². The maximum Gasteiger partial charge on any atom is 0.0615 e. The summed E-state index contributed by atoms with van der Waals surface area (Å²) in [5, 5.41) is 0. The van der Waals surface area contributed by atoms with Crippen LogP contribution < -0.4 is 0 Å². The van der Waals surface area contributed by atoms with Gasteiger partial charge in [0.05, 0.1) is 6.61 Å². The summed E-state index contributed by atoms with van der Waals surface area (Å²) < 4.78 is 5.36. The highest BCUT2D eigenvalue weighted by Crippen LogP contribution is 2.28. The molecule has 3 rings (SSSR count). The van der Waals surface area contributed by atoms with E-state index in [2.05, 4.69) is 71.2 Å². The molecule has 0 spiro atoms. The van der Waals surface area contributed by atoms with Crippen LogP contribution in [0.2, 0.25) is 0 Å². The Morgan fingerprint density at radius 2 is 1.75 bits per heavy atom. The highest BCUT2D eigenvalue weighted by atomic mass is 16.5.